The van der Waals surface area contributed by atoms with Crippen LogP contribution < -0.4 is 4.74 Å². The molecular formula is C26H21N3O6. The lowest BCUT2D eigenvalue weighted by molar-refractivity contribution is -0.384. The molecule has 1 N–H and O–H groups in total. The Balaban J connectivity index is 1.65. The SMILES string of the molecule is CC1Cc2cc(/C(O)=C3\C(=O)C(=O)N(Cc4ccncc4)C3c3cccc([N+](=O)[O-])c3)ccc2O1. The third kappa shape index (κ3) is 4.01. The minimum absolute atomic E-state index is 0.00166. The van der Waals surface area contributed by atoms with Crippen molar-refractivity contribution in [3.63, 3.8) is 0 Å². The number of ketones is 1. The van der Waals surface area contributed by atoms with E-state index in [1.54, 1.807) is 48.8 Å². The van der Waals surface area contributed by atoms with Gasteiger partial charge in [-0.05, 0) is 53.9 Å². The molecule has 9 heteroatoms. The molecule has 2 aromatic carbocycles. The Morgan fingerprint density at radius 2 is 1.94 bits per heavy atom. The Labute approximate surface area is 200 Å². The Morgan fingerprint density at radius 1 is 1.17 bits per heavy atom. The lowest BCUT2D eigenvalue weighted by Crippen LogP contribution is -2.29. The first kappa shape index (κ1) is 22.3. The number of Topliss-reactive ketones (excluding diaryl/α,β-unsaturated/α-hetero) is 1. The fourth-order valence-electron chi connectivity index (χ4n) is 4.61. The highest BCUT2D eigenvalue weighted by molar-refractivity contribution is 6.46. The van der Waals surface area contributed by atoms with Crippen molar-refractivity contribution in [2.75, 3.05) is 0 Å². The number of benzene rings is 2. The number of hydrogen-bond donors (Lipinski definition) is 1. The van der Waals surface area contributed by atoms with Crippen LogP contribution in [0.25, 0.3) is 5.76 Å². The molecule has 0 aliphatic carbocycles. The van der Waals surface area contributed by atoms with E-state index in [0.717, 1.165) is 11.1 Å². The molecule has 5 rings (SSSR count). The second-order valence-electron chi connectivity index (χ2n) is 8.59. The number of aliphatic hydroxyl groups is 1. The molecule has 1 amide bonds. The minimum atomic E-state index is -1.01. The van der Waals surface area contributed by atoms with Gasteiger partial charge in [0.25, 0.3) is 17.4 Å². The zero-order valence-electron chi connectivity index (χ0n) is 18.7. The van der Waals surface area contributed by atoms with E-state index in [2.05, 4.69) is 4.98 Å². The number of ether oxygens (including phenoxy) is 1. The molecule has 35 heavy (non-hydrogen) atoms. The van der Waals surface area contributed by atoms with Crippen LogP contribution >= 0.6 is 0 Å². The number of hydrogen-bond acceptors (Lipinski definition) is 7. The van der Waals surface area contributed by atoms with Crippen molar-refractivity contribution in [2.24, 2.45) is 0 Å². The number of likely N-dealkylation sites (tertiary alicyclic amines) is 1. The minimum Gasteiger partial charge on any atom is -0.507 e. The molecule has 0 radical (unpaired) electrons. The maximum absolute atomic E-state index is 13.2. The van der Waals surface area contributed by atoms with Gasteiger partial charge in [-0.3, -0.25) is 24.7 Å². The van der Waals surface area contributed by atoms with Crippen LogP contribution in [0.2, 0.25) is 0 Å². The maximum atomic E-state index is 13.2. The van der Waals surface area contributed by atoms with Crippen molar-refractivity contribution < 1.29 is 24.4 Å². The van der Waals surface area contributed by atoms with E-state index in [9.17, 15) is 24.8 Å². The van der Waals surface area contributed by atoms with Crippen molar-refractivity contribution in [3.8, 4) is 5.75 Å². The molecule has 0 bridgehead atoms. The molecule has 2 atom stereocenters. The summed E-state index contributed by atoms with van der Waals surface area (Å²) in [4.78, 5) is 42.6. The van der Waals surface area contributed by atoms with Gasteiger partial charge in [-0.2, -0.15) is 0 Å². The summed E-state index contributed by atoms with van der Waals surface area (Å²) in [7, 11) is 0. The number of nitro benzene ring substituents is 1. The number of rotatable bonds is 5. The second-order valence-corrected chi connectivity index (χ2v) is 8.59. The van der Waals surface area contributed by atoms with E-state index in [1.807, 2.05) is 6.92 Å². The zero-order valence-corrected chi connectivity index (χ0v) is 18.7. The number of fused-ring (bicyclic) bond motifs is 1. The summed E-state index contributed by atoms with van der Waals surface area (Å²) in [6.07, 6.45) is 3.79. The van der Waals surface area contributed by atoms with Gasteiger partial charge >= 0.3 is 0 Å². The lowest BCUT2D eigenvalue weighted by Gasteiger charge is -2.25. The highest BCUT2D eigenvalue weighted by Crippen LogP contribution is 2.42. The molecule has 0 spiro atoms. The number of aromatic nitrogens is 1. The van der Waals surface area contributed by atoms with Gasteiger partial charge in [0.2, 0.25) is 0 Å². The van der Waals surface area contributed by atoms with Gasteiger partial charge in [-0.25, -0.2) is 0 Å². The highest BCUT2D eigenvalue weighted by atomic mass is 16.6. The van der Waals surface area contributed by atoms with E-state index in [1.165, 1.54) is 23.1 Å². The third-order valence-corrected chi connectivity index (χ3v) is 6.21. The van der Waals surface area contributed by atoms with Gasteiger partial charge in [0.15, 0.2) is 0 Å². The standard InChI is InChI=1S/C26H21N3O6/c1-15-11-19-12-18(5-6-21(19)35-15)24(30)22-23(17-3-2-4-20(13-17)29(33)34)28(26(32)25(22)31)14-16-7-9-27-10-8-16/h2-10,12-13,15,23,30H,11,14H2,1H3/b24-22+. The molecule has 9 nitrogen and oxygen atoms in total. The van der Waals surface area contributed by atoms with Gasteiger partial charge in [0, 0.05) is 43.1 Å². The third-order valence-electron chi connectivity index (χ3n) is 6.21. The number of carbonyl (C=O) groups excluding carboxylic acids is 2. The zero-order chi connectivity index (χ0) is 24.7. The molecule has 1 saturated heterocycles. The van der Waals surface area contributed by atoms with Crippen LogP contribution in [0, 0.1) is 10.1 Å². The largest absolute Gasteiger partial charge is 0.507 e. The van der Waals surface area contributed by atoms with Gasteiger partial charge in [-0.15, -0.1) is 0 Å². The maximum Gasteiger partial charge on any atom is 0.295 e. The number of nitro groups is 1. The smallest absolute Gasteiger partial charge is 0.295 e. The number of nitrogens with zero attached hydrogens (tertiary/aromatic N) is 3. The molecule has 0 saturated carbocycles. The summed E-state index contributed by atoms with van der Waals surface area (Å²) in [5, 5.41) is 22.7. The summed E-state index contributed by atoms with van der Waals surface area (Å²) in [5.41, 5.74) is 2.04. The summed E-state index contributed by atoms with van der Waals surface area (Å²) in [5.74, 6) is -1.27. The summed E-state index contributed by atoms with van der Waals surface area (Å²) >= 11 is 0. The van der Waals surface area contributed by atoms with Crippen molar-refractivity contribution >= 4 is 23.1 Å². The Hall–Kier alpha value is -4.53. The summed E-state index contributed by atoms with van der Waals surface area (Å²) in [6, 6.07) is 13.3. The quantitative estimate of drug-likeness (QED) is 0.197. The fourth-order valence-corrected chi connectivity index (χ4v) is 4.61. The van der Waals surface area contributed by atoms with Crippen molar-refractivity contribution in [3.05, 3.63) is 105 Å². The van der Waals surface area contributed by atoms with Gasteiger partial charge in [-0.1, -0.05) is 12.1 Å². The van der Waals surface area contributed by atoms with E-state index < -0.39 is 22.7 Å². The average Bonchev–Trinajstić information content (AvgIpc) is 3.35. The fraction of sp³-hybridized carbons (Fsp3) is 0.192. The molecule has 176 valence electrons. The predicted octanol–water partition coefficient (Wildman–Crippen LogP) is 3.94. The first-order valence-corrected chi connectivity index (χ1v) is 11.0. The van der Waals surface area contributed by atoms with Gasteiger partial charge in [0.05, 0.1) is 16.5 Å². The van der Waals surface area contributed by atoms with E-state index >= 15 is 0 Å². The molecule has 3 aromatic rings. The number of pyridine rings is 1. The molecule has 2 aliphatic rings. The highest BCUT2D eigenvalue weighted by Gasteiger charge is 2.46. The summed E-state index contributed by atoms with van der Waals surface area (Å²) < 4.78 is 5.72. The van der Waals surface area contributed by atoms with Crippen LogP contribution in [0.5, 0.6) is 5.75 Å². The van der Waals surface area contributed by atoms with Crippen LogP contribution in [-0.4, -0.2) is 37.7 Å². The van der Waals surface area contributed by atoms with Crippen LogP contribution in [-0.2, 0) is 22.6 Å². The van der Waals surface area contributed by atoms with Crippen LogP contribution in [0.15, 0.2) is 72.6 Å². The molecule has 2 aliphatic heterocycles. The summed E-state index contributed by atoms with van der Waals surface area (Å²) in [6.45, 7) is 2.00. The number of amides is 1. The Bertz CT molecular complexity index is 1380. The molecule has 1 aromatic heterocycles. The predicted molar refractivity (Wildman–Crippen MR) is 125 cm³/mol. The lowest BCUT2D eigenvalue weighted by atomic mass is 9.94. The van der Waals surface area contributed by atoms with E-state index in [0.29, 0.717) is 23.3 Å². The van der Waals surface area contributed by atoms with E-state index in [4.69, 9.17) is 4.74 Å². The first-order chi connectivity index (χ1) is 16.8. The van der Waals surface area contributed by atoms with E-state index in [-0.39, 0.29) is 29.7 Å². The molecule has 3 heterocycles. The van der Waals surface area contributed by atoms with Crippen molar-refractivity contribution in [2.45, 2.75) is 32.0 Å². The van der Waals surface area contributed by atoms with Crippen LogP contribution in [0.1, 0.15) is 35.2 Å². The number of carbonyl (C=O) groups is 2. The molecular weight excluding hydrogens is 450 g/mol. The topological polar surface area (TPSA) is 123 Å². The van der Waals surface area contributed by atoms with Gasteiger partial charge in [0.1, 0.15) is 17.6 Å². The second kappa shape index (κ2) is 8.68. The van der Waals surface area contributed by atoms with Crippen molar-refractivity contribution in [1.29, 1.82) is 0 Å². The Morgan fingerprint density at radius 3 is 2.69 bits per heavy atom. The monoisotopic (exact) mass is 471 g/mol. The van der Waals surface area contributed by atoms with Crippen LogP contribution in [0.4, 0.5) is 5.69 Å². The molecule has 2 unspecified atom stereocenters. The number of aliphatic hydroxyl groups excluding tert-OH is 1. The normalized spacial score (nSPS) is 20.5. The first-order valence-electron chi connectivity index (χ1n) is 11.0. The van der Waals surface area contributed by atoms with Gasteiger partial charge < -0.3 is 14.7 Å². The number of non-ortho nitro benzene ring substituents is 1. The Kier molecular flexibility index (Phi) is 5.52. The van der Waals surface area contributed by atoms with Crippen LogP contribution in [0.3, 0.4) is 0 Å². The van der Waals surface area contributed by atoms with Crippen molar-refractivity contribution in [1.82, 2.24) is 9.88 Å². The molecule has 1 fully saturated rings. The average molecular weight is 471 g/mol.